The van der Waals surface area contributed by atoms with Crippen molar-refractivity contribution >= 4 is 5.96 Å². The molecule has 0 saturated heterocycles. The van der Waals surface area contributed by atoms with Gasteiger partial charge in [0.2, 0.25) is 0 Å². The molecule has 25 heavy (non-hydrogen) atoms. The zero-order chi connectivity index (χ0) is 18.1. The highest BCUT2D eigenvalue weighted by atomic mass is 19.1. The van der Waals surface area contributed by atoms with Crippen molar-refractivity contribution < 1.29 is 8.91 Å². The summed E-state index contributed by atoms with van der Waals surface area (Å²) in [6.07, 6.45) is 1.72. The molecule has 6 heteroatoms. The Morgan fingerprint density at radius 2 is 2.12 bits per heavy atom. The van der Waals surface area contributed by atoms with Gasteiger partial charge in [-0.2, -0.15) is 0 Å². The molecule has 0 aliphatic rings. The van der Waals surface area contributed by atoms with Gasteiger partial charge in [0.25, 0.3) is 0 Å². The summed E-state index contributed by atoms with van der Waals surface area (Å²) in [7, 11) is 0. The van der Waals surface area contributed by atoms with Crippen LogP contribution in [0.2, 0.25) is 0 Å². The molecule has 5 nitrogen and oxygen atoms in total. The van der Waals surface area contributed by atoms with Gasteiger partial charge in [0, 0.05) is 19.2 Å². The number of aryl methyl sites for hydroxylation is 1. The van der Waals surface area contributed by atoms with Crippen molar-refractivity contribution in [2.75, 3.05) is 13.1 Å². The fourth-order valence-electron chi connectivity index (χ4n) is 2.37. The molecular formula is C19H27FN4O. The van der Waals surface area contributed by atoms with Crippen LogP contribution in [0.4, 0.5) is 4.39 Å². The van der Waals surface area contributed by atoms with Gasteiger partial charge in [-0.1, -0.05) is 31.1 Å². The SMILES string of the molecule is CCNC(=NCc1cc(C(C)C)no1)NCCCc1cccc(F)c1. The lowest BCUT2D eigenvalue weighted by Crippen LogP contribution is -2.37. The van der Waals surface area contributed by atoms with Gasteiger partial charge in [-0.25, -0.2) is 9.38 Å². The first-order valence-electron chi connectivity index (χ1n) is 8.80. The monoisotopic (exact) mass is 346 g/mol. The Balaban J connectivity index is 1.80. The van der Waals surface area contributed by atoms with Crippen molar-refractivity contribution in [2.24, 2.45) is 4.99 Å². The van der Waals surface area contributed by atoms with E-state index in [1.165, 1.54) is 6.07 Å². The quantitative estimate of drug-likeness (QED) is 0.435. The van der Waals surface area contributed by atoms with Crippen molar-refractivity contribution in [3.8, 4) is 0 Å². The van der Waals surface area contributed by atoms with Gasteiger partial charge in [-0.3, -0.25) is 0 Å². The normalized spacial score (nSPS) is 11.8. The number of guanidine groups is 1. The number of halogens is 1. The Bertz CT molecular complexity index is 682. The molecule has 2 N–H and O–H groups in total. The van der Waals surface area contributed by atoms with E-state index in [1.54, 1.807) is 12.1 Å². The highest BCUT2D eigenvalue weighted by Gasteiger charge is 2.07. The summed E-state index contributed by atoms with van der Waals surface area (Å²) < 4.78 is 18.5. The van der Waals surface area contributed by atoms with Gasteiger partial charge < -0.3 is 15.2 Å². The summed E-state index contributed by atoms with van der Waals surface area (Å²) in [5.74, 6) is 1.65. The Labute approximate surface area is 148 Å². The summed E-state index contributed by atoms with van der Waals surface area (Å²) in [5.41, 5.74) is 1.95. The third-order valence-electron chi connectivity index (χ3n) is 3.73. The largest absolute Gasteiger partial charge is 0.359 e. The van der Waals surface area contributed by atoms with Crippen molar-refractivity contribution in [1.29, 1.82) is 0 Å². The average molecular weight is 346 g/mol. The first kappa shape index (κ1) is 19.0. The lowest BCUT2D eigenvalue weighted by atomic mass is 10.1. The van der Waals surface area contributed by atoms with Crippen LogP contribution in [0.1, 0.15) is 50.1 Å². The van der Waals surface area contributed by atoms with E-state index in [-0.39, 0.29) is 5.82 Å². The molecule has 0 fully saturated rings. The predicted molar refractivity (Wildman–Crippen MR) is 98.1 cm³/mol. The minimum Gasteiger partial charge on any atom is -0.359 e. The van der Waals surface area contributed by atoms with Gasteiger partial charge in [0.1, 0.15) is 12.4 Å². The van der Waals surface area contributed by atoms with Crippen molar-refractivity contribution in [1.82, 2.24) is 15.8 Å². The van der Waals surface area contributed by atoms with Crippen LogP contribution in [0.15, 0.2) is 39.8 Å². The zero-order valence-corrected chi connectivity index (χ0v) is 15.2. The van der Waals surface area contributed by atoms with Crippen molar-refractivity contribution in [3.05, 3.63) is 53.2 Å². The van der Waals surface area contributed by atoms with Crippen LogP contribution in [0.5, 0.6) is 0 Å². The van der Waals surface area contributed by atoms with Crippen LogP contribution in [-0.4, -0.2) is 24.2 Å². The average Bonchev–Trinajstić information content (AvgIpc) is 3.06. The molecule has 0 bridgehead atoms. The minimum atomic E-state index is -0.187. The number of nitrogens with one attached hydrogen (secondary N) is 2. The van der Waals surface area contributed by atoms with Crippen LogP contribution < -0.4 is 10.6 Å². The van der Waals surface area contributed by atoms with E-state index >= 15 is 0 Å². The molecule has 0 amide bonds. The second-order valence-electron chi connectivity index (χ2n) is 6.23. The third kappa shape index (κ3) is 6.57. The predicted octanol–water partition coefficient (Wildman–Crippen LogP) is 3.63. The highest BCUT2D eigenvalue weighted by molar-refractivity contribution is 5.79. The molecule has 1 aromatic carbocycles. The van der Waals surface area contributed by atoms with Crippen LogP contribution in [0.25, 0.3) is 0 Å². The molecule has 0 atom stereocenters. The molecule has 0 aliphatic carbocycles. The van der Waals surface area contributed by atoms with Gasteiger partial charge >= 0.3 is 0 Å². The van der Waals surface area contributed by atoms with E-state index in [2.05, 4.69) is 34.6 Å². The standard InChI is InChI=1S/C19H27FN4O/c1-4-21-19(23-13-17-12-18(14(2)3)24-25-17)22-10-6-8-15-7-5-9-16(20)11-15/h5,7,9,11-12,14H,4,6,8,10,13H2,1-3H3,(H2,21,22,23). The number of rotatable bonds is 8. The van der Waals surface area contributed by atoms with E-state index in [4.69, 9.17) is 4.52 Å². The van der Waals surface area contributed by atoms with E-state index < -0.39 is 0 Å². The maximum atomic E-state index is 13.2. The minimum absolute atomic E-state index is 0.187. The molecule has 0 spiro atoms. The topological polar surface area (TPSA) is 62.5 Å². The fourth-order valence-corrected chi connectivity index (χ4v) is 2.37. The molecule has 0 unspecified atom stereocenters. The molecule has 2 rings (SSSR count). The molecule has 0 saturated carbocycles. The molecule has 2 aromatic rings. The molecular weight excluding hydrogens is 319 g/mol. The van der Waals surface area contributed by atoms with Crippen LogP contribution >= 0.6 is 0 Å². The van der Waals surface area contributed by atoms with Crippen molar-refractivity contribution in [2.45, 2.75) is 46.1 Å². The maximum absolute atomic E-state index is 13.2. The molecule has 1 aromatic heterocycles. The Hall–Kier alpha value is -2.37. The van der Waals surface area contributed by atoms with Crippen molar-refractivity contribution in [3.63, 3.8) is 0 Å². The van der Waals surface area contributed by atoms with Gasteiger partial charge in [-0.15, -0.1) is 0 Å². The first-order valence-corrected chi connectivity index (χ1v) is 8.80. The van der Waals surface area contributed by atoms with Crippen LogP contribution in [0, 0.1) is 5.82 Å². The van der Waals surface area contributed by atoms with Gasteiger partial charge in [0.15, 0.2) is 11.7 Å². The van der Waals surface area contributed by atoms with Gasteiger partial charge in [0.05, 0.1) is 5.69 Å². The molecule has 0 radical (unpaired) electrons. The summed E-state index contributed by atoms with van der Waals surface area (Å²) in [6.45, 7) is 8.16. The maximum Gasteiger partial charge on any atom is 0.191 e. The number of hydrogen-bond donors (Lipinski definition) is 2. The summed E-state index contributed by atoms with van der Waals surface area (Å²) in [4.78, 5) is 4.52. The number of benzene rings is 1. The molecule has 0 aliphatic heterocycles. The lowest BCUT2D eigenvalue weighted by Gasteiger charge is -2.10. The summed E-state index contributed by atoms with van der Waals surface area (Å²) in [6, 6.07) is 8.67. The smallest absolute Gasteiger partial charge is 0.191 e. The fraction of sp³-hybridized carbons (Fsp3) is 0.474. The Morgan fingerprint density at radius 3 is 2.80 bits per heavy atom. The second kappa shape index (κ2) is 9.81. The van der Waals surface area contributed by atoms with Crippen LogP contribution in [0.3, 0.4) is 0 Å². The lowest BCUT2D eigenvalue weighted by molar-refractivity contribution is 0.376. The summed E-state index contributed by atoms with van der Waals surface area (Å²) >= 11 is 0. The number of aliphatic imine (C=N–C) groups is 1. The molecule has 1 heterocycles. The Kier molecular flexibility index (Phi) is 7.44. The Morgan fingerprint density at radius 1 is 1.28 bits per heavy atom. The second-order valence-corrected chi connectivity index (χ2v) is 6.23. The molecule has 136 valence electrons. The van der Waals surface area contributed by atoms with E-state index in [0.717, 1.165) is 48.9 Å². The number of nitrogens with zero attached hydrogens (tertiary/aromatic N) is 2. The van der Waals surface area contributed by atoms with E-state index in [0.29, 0.717) is 12.5 Å². The van der Waals surface area contributed by atoms with E-state index in [1.807, 2.05) is 19.1 Å². The summed E-state index contributed by atoms with van der Waals surface area (Å²) in [5, 5.41) is 10.5. The number of hydrogen-bond acceptors (Lipinski definition) is 3. The van der Waals surface area contributed by atoms with E-state index in [9.17, 15) is 4.39 Å². The first-order chi connectivity index (χ1) is 12.1. The third-order valence-corrected chi connectivity index (χ3v) is 3.73. The number of aromatic nitrogens is 1. The zero-order valence-electron chi connectivity index (χ0n) is 15.2. The van der Waals surface area contributed by atoms with Crippen LogP contribution in [-0.2, 0) is 13.0 Å². The van der Waals surface area contributed by atoms with Gasteiger partial charge in [-0.05, 0) is 43.4 Å². The highest BCUT2D eigenvalue weighted by Crippen LogP contribution is 2.14.